The van der Waals surface area contributed by atoms with Crippen LogP contribution in [0, 0.1) is 12.3 Å². The Kier molecular flexibility index (Phi) is 2.91. The lowest BCUT2D eigenvalue weighted by Crippen LogP contribution is -2.41. The topological polar surface area (TPSA) is 57.6 Å². The van der Waals surface area contributed by atoms with Crippen molar-refractivity contribution in [3.05, 3.63) is 0 Å². The first kappa shape index (κ1) is 9.59. The Bertz CT molecular complexity index is 267. The van der Waals surface area contributed by atoms with E-state index in [4.69, 9.17) is 11.5 Å². The summed E-state index contributed by atoms with van der Waals surface area (Å²) >= 11 is 0. The van der Waals surface area contributed by atoms with E-state index in [1.54, 1.807) is 0 Å². The van der Waals surface area contributed by atoms with Crippen molar-refractivity contribution in [2.24, 2.45) is 0 Å². The van der Waals surface area contributed by atoms with Crippen molar-refractivity contribution in [1.82, 2.24) is 4.90 Å². The molecule has 1 aliphatic heterocycles. The summed E-state index contributed by atoms with van der Waals surface area (Å²) < 4.78 is 0. The van der Waals surface area contributed by atoms with Gasteiger partial charge in [-0.3, -0.25) is 4.79 Å². The van der Waals surface area contributed by atoms with E-state index >= 15 is 0 Å². The molecule has 0 radical (unpaired) electrons. The molecule has 1 atom stereocenters. The van der Waals surface area contributed by atoms with Gasteiger partial charge < -0.3 is 10.0 Å². The molecule has 0 bridgehead atoms. The minimum Gasteiger partial charge on any atom is -0.480 e. The van der Waals surface area contributed by atoms with E-state index in [0.717, 1.165) is 6.42 Å². The van der Waals surface area contributed by atoms with Crippen LogP contribution in [0.3, 0.4) is 0 Å². The van der Waals surface area contributed by atoms with Crippen molar-refractivity contribution < 1.29 is 14.7 Å². The maximum Gasteiger partial charge on any atom is 0.327 e. The number of nitrogens with zero attached hydrogens (tertiary/aromatic N) is 1. The molecular weight excluding hydrogens is 170 g/mol. The van der Waals surface area contributed by atoms with Crippen molar-refractivity contribution >= 4 is 11.9 Å². The Balaban J connectivity index is 2.70. The van der Waals surface area contributed by atoms with Crippen LogP contribution in [0.4, 0.5) is 0 Å². The van der Waals surface area contributed by atoms with Crippen LogP contribution in [-0.2, 0) is 9.59 Å². The Morgan fingerprint density at radius 1 is 1.77 bits per heavy atom. The van der Waals surface area contributed by atoms with Gasteiger partial charge in [0, 0.05) is 19.4 Å². The highest BCUT2D eigenvalue weighted by Gasteiger charge is 2.31. The quantitative estimate of drug-likeness (QED) is 0.627. The molecule has 0 aromatic rings. The lowest BCUT2D eigenvalue weighted by molar-refractivity contribution is -0.148. The average Bonchev–Trinajstić information content (AvgIpc) is 2.47. The van der Waals surface area contributed by atoms with Crippen LogP contribution in [0.2, 0.25) is 0 Å². The molecule has 0 aromatic heterocycles. The lowest BCUT2D eigenvalue weighted by Gasteiger charge is -2.21. The van der Waals surface area contributed by atoms with E-state index in [0.29, 0.717) is 13.0 Å². The molecule has 4 heteroatoms. The molecule has 1 N–H and O–H groups in total. The molecule has 1 saturated heterocycles. The summed E-state index contributed by atoms with van der Waals surface area (Å²) in [6.45, 7) is 0.511. The number of amides is 1. The number of terminal acetylenes is 1. The van der Waals surface area contributed by atoms with E-state index in [1.165, 1.54) is 4.90 Å². The molecule has 1 heterocycles. The van der Waals surface area contributed by atoms with Gasteiger partial charge in [0.25, 0.3) is 0 Å². The van der Waals surface area contributed by atoms with Gasteiger partial charge in [0.05, 0.1) is 0 Å². The molecule has 1 fully saturated rings. The number of hydrogen-bond acceptors (Lipinski definition) is 2. The van der Waals surface area contributed by atoms with Crippen LogP contribution in [0.25, 0.3) is 0 Å². The Morgan fingerprint density at radius 2 is 2.46 bits per heavy atom. The molecule has 0 aliphatic carbocycles. The van der Waals surface area contributed by atoms with E-state index in [9.17, 15) is 9.59 Å². The summed E-state index contributed by atoms with van der Waals surface area (Å²) in [5.41, 5.74) is 0. The molecule has 0 aromatic carbocycles. The predicted molar refractivity (Wildman–Crippen MR) is 45.8 cm³/mol. The van der Waals surface area contributed by atoms with E-state index in [2.05, 4.69) is 5.92 Å². The predicted octanol–water partition coefficient (Wildman–Crippen LogP) is 0.0853. The zero-order chi connectivity index (χ0) is 9.84. The average molecular weight is 181 g/mol. The van der Waals surface area contributed by atoms with Crippen LogP contribution >= 0.6 is 0 Å². The van der Waals surface area contributed by atoms with Crippen molar-refractivity contribution in [2.75, 3.05) is 6.54 Å². The Morgan fingerprint density at radius 3 is 2.85 bits per heavy atom. The number of carboxylic acid groups (broad SMARTS) is 1. The minimum absolute atomic E-state index is 0.0844. The summed E-state index contributed by atoms with van der Waals surface area (Å²) in [5, 5.41) is 8.79. The lowest BCUT2D eigenvalue weighted by atomic mass is 10.2. The van der Waals surface area contributed by atoms with Crippen molar-refractivity contribution in [3.63, 3.8) is 0 Å². The highest BCUT2D eigenvalue weighted by molar-refractivity contribution is 5.85. The highest BCUT2D eigenvalue weighted by atomic mass is 16.4. The van der Waals surface area contributed by atoms with Crippen LogP contribution in [0.5, 0.6) is 0 Å². The number of carboxylic acids is 1. The highest BCUT2D eigenvalue weighted by Crippen LogP contribution is 2.15. The fourth-order valence-corrected chi connectivity index (χ4v) is 1.44. The summed E-state index contributed by atoms with van der Waals surface area (Å²) in [4.78, 5) is 23.3. The molecule has 4 nitrogen and oxygen atoms in total. The smallest absolute Gasteiger partial charge is 0.327 e. The molecule has 1 unspecified atom stereocenters. The van der Waals surface area contributed by atoms with E-state index in [-0.39, 0.29) is 12.3 Å². The standard InChI is InChI=1S/C9H11NO3/c1-2-4-7(9(12)13)10-6-3-5-8(10)11/h1,7H,3-6H2,(H,12,13). The van der Waals surface area contributed by atoms with Gasteiger partial charge in [-0.05, 0) is 6.42 Å². The van der Waals surface area contributed by atoms with Gasteiger partial charge in [-0.1, -0.05) is 0 Å². The third-order valence-corrected chi connectivity index (χ3v) is 2.08. The van der Waals surface area contributed by atoms with Crippen molar-refractivity contribution in [1.29, 1.82) is 0 Å². The monoisotopic (exact) mass is 181 g/mol. The summed E-state index contributed by atoms with van der Waals surface area (Å²) in [5.74, 6) is 1.14. The minimum atomic E-state index is -1.02. The zero-order valence-electron chi connectivity index (χ0n) is 7.19. The molecular formula is C9H11NO3. The normalized spacial score (nSPS) is 18.4. The number of carbonyl (C=O) groups excluding carboxylic acids is 1. The van der Waals surface area contributed by atoms with Crippen LogP contribution in [0.1, 0.15) is 19.3 Å². The number of hydrogen-bond donors (Lipinski definition) is 1. The van der Waals surface area contributed by atoms with E-state index < -0.39 is 12.0 Å². The Labute approximate surface area is 76.5 Å². The first-order valence-electron chi connectivity index (χ1n) is 4.12. The maximum atomic E-state index is 11.2. The third-order valence-electron chi connectivity index (χ3n) is 2.08. The van der Waals surface area contributed by atoms with Gasteiger partial charge in [0.2, 0.25) is 5.91 Å². The van der Waals surface area contributed by atoms with Gasteiger partial charge in [0.15, 0.2) is 0 Å². The number of rotatable bonds is 3. The van der Waals surface area contributed by atoms with Crippen molar-refractivity contribution in [3.8, 4) is 12.3 Å². The number of likely N-dealkylation sites (tertiary alicyclic amines) is 1. The van der Waals surface area contributed by atoms with Gasteiger partial charge in [-0.15, -0.1) is 12.3 Å². The molecule has 1 aliphatic rings. The molecule has 13 heavy (non-hydrogen) atoms. The SMILES string of the molecule is C#CCC(C(=O)O)N1CCCC1=O. The summed E-state index contributed by atoms with van der Waals surface area (Å²) in [6, 6.07) is -0.833. The molecule has 70 valence electrons. The molecule has 0 spiro atoms. The van der Waals surface area contributed by atoms with Crippen LogP contribution in [0.15, 0.2) is 0 Å². The maximum absolute atomic E-state index is 11.2. The first-order chi connectivity index (χ1) is 6.16. The number of carbonyl (C=O) groups is 2. The van der Waals surface area contributed by atoms with Crippen LogP contribution in [-0.4, -0.2) is 34.5 Å². The van der Waals surface area contributed by atoms with E-state index in [1.807, 2.05) is 0 Å². The fraction of sp³-hybridized carbons (Fsp3) is 0.556. The third kappa shape index (κ3) is 2.00. The first-order valence-corrected chi connectivity index (χ1v) is 4.12. The second-order valence-corrected chi connectivity index (χ2v) is 2.95. The van der Waals surface area contributed by atoms with Crippen molar-refractivity contribution in [2.45, 2.75) is 25.3 Å². The molecule has 1 amide bonds. The number of aliphatic carboxylic acids is 1. The van der Waals surface area contributed by atoms with Gasteiger partial charge in [0.1, 0.15) is 6.04 Å². The Hall–Kier alpha value is -1.50. The largest absolute Gasteiger partial charge is 0.480 e. The van der Waals surface area contributed by atoms with Crippen LogP contribution < -0.4 is 0 Å². The summed E-state index contributed by atoms with van der Waals surface area (Å²) in [6.07, 6.45) is 6.28. The second-order valence-electron chi connectivity index (χ2n) is 2.95. The molecule has 1 rings (SSSR count). The molecule has 0 saturated carbocycles. The van der Waals surface area contributed by atoms with Gasteiger partial charge in [-0.2, -0.15) is 0 Å². The van der Waals surface area contributed by atoms with Gasteiger partial charge >= 0.3 is 5.97 Å². The van der Waals surface area contributed by atoms with Gasteiger partial charge in [-0.25, -0.2) is 4.79 Å². The zero-order valence-corrected chi connectivity index (χ0v) is 7.19. The fourth-order valence-electron chi connectivity index (χ4n) is 1.44. The summed E-state index contributed by atoms with van der Waals surface area (Å²) in [7, 11) is 0. The second kappa shape index (κ2) is 3.94.